The van der Waals surface area contributed by atoms with E-state index in [0.717, 1.165) is 49.6 Å². The number of anilines is 1. The van der Waals surface area contributed by atoms with Crippen LogP contribution in [0.25, 0.3) is 0 Å². The van der Waals surface area contributed by atoms with Crippen molar-refractivity contribution in [2.75, 3.05) is 57.8 Å². The zero-order valence-electron chi connectivity index (χ0n) is 20.3. The van der Waals surface area contributed by atoms with Gasteiger partial charge in [0.2, 0.25) is 0 Å². The fraction of sp³-hybridized carbons (Fsp3) is 0.583. The van der Waals surface area contributed by atoms with Crippen LogP contribution in [0.3, 0.4) is 0 Å². The fourth-order valence-electron chi connectivity index (χ4n) is 4.63. The van der Waals surface area contributed by atoms with E-state index in [0.29, 0.717) is 44.4 Å². The predicted molar refractivity (Wildman–Crippen MR) is 127 cm³/mol. The normalized spacial score (nSPS) is 17.4. The van der Waals surface area contributed by atoms with E-state index in [1.165, 1.54) is 0 Å². The lowest BCUT2D eigenvalue weighted by Crippen LogP contribution is -2.50. The summed E-state index contributed by atoms with van der Waals surface area (Å²) in [4.78, 5) is 32.9. The van der Waals surface area contributed by atoms with E-state index in [2.05, 4.69) is 27.2 Å². The van der Waals surface area contributed by atoms with Gasteiger partial charge in [0.25, 0.3) is 5.91 Å². The monoisotopic (exact) mass is 470 g/mol. The number of carbonyl (C=O) groups excluding carboxylic acids is 2. The van der Waals surface area contributed by atoms with Crippen LogP contribution < -0.4 is 4.90 Å². The van der Waals surface area contributed by atoms with Crippen molar-refractivity contribution in [2.24, 2.45) is 0 Å². The predicted octanol–water partition coefficient (Wildman–Crippen LogP) is 2.39. The molecule has 2 aliphatic heterocycles. The van der Waals surface area contributed by atoms with E-state index in [9.17, 15) is 9.59 Å². The Morgan fingerprint density at radius 2 is 1.68 bits per heavy atom. The maximum Gasteiger partial charge on any atom is 0.409 e. The lowest BCUT2D eigenvalue weighted by Gasteiger charge is -2.37. The summed E-state index contributed by atoms with van der Waals surface area (Å²) in [7, 11) is 2.13. The van der Waals surface area contributed by atoms with Crippen LogP contribution in [0.1, 0.15) is 41.5 Å². The van der Waals surface area contributed by atoms with Crippen LogP contribution in [-0.2, 0) is 11.3 Å². The Hall–Kier alpha value is -3.14. The number of ether oxygens (including phenoxy) is 1. The lowest BCUT2D eigenvalue weighted by molar-refractivity contribution is 0.0570. The molecule has 3 heterocycles. The van der Waals surface area contributed by atoms with Gasteiger partial charge in [0.05, 0.1) is 6.61 Å². The van der Waals surface area contributed by atoms with Crippen LogP contribution in [0.15, 0.2) is 28.9 Å². The van der Waals surface area contributed by atoms with Crippen LogP contribution >= 0.6 is 0 Å². The second kappa shape index (κ2) is 10.9. The number of hydrogen-bond donors (Lipinski definition) is 0. The molecule has 0 spiro atoms. The average Bonchev–Trinajstić information content (AvgIpc) is 3.28. The molecule has 0 atom stereocenters. The molecule has 2 aromatic rings. The summed E-state index contributed by atoms with van der Waals surface area (Å²) in [5.41, 5.74) is 3.56. The van der Waals surface area contributed by atoms with E-state index < -0.39 is 0 Å². The SMILES string of the molecule is CCOC(=O)N1CCN(C(=O)c2ccc(N3CCC(N(C)Cc4nonc4C)CC3)cc2)CC1. The number of hydrogen-bond acceptors (Lipinski definition) is 8. The molecular formula is C24H34N6O4. The van der Waals surface area contributed by atoms with E-state index in [-0.39, 0.29) is 12.0 Å². The van der Waals surface area contributed by atoms with Gasteiger partial charge >= 0.3 is 6.09 Å². The topological polar surface area (TPSA) is 95.2 Å². The molecule has 0 aliphatic carbocycles. The van der Waals surface area contributed by atoms with E-state index in [1.54, 1.807) is 16.7 Å². The smallest absolute Gasteiger partial charge is 0.409 e. The van der Waals surface area contributed by atoms with Crippen LogP contribution in [0, 0.1) is 6.92 Å². The average molecular weight is 471 g/mol. The van der Waals surface area contributed by atoms with Gasteiger partial charge in [-0.25, -0.2) is 9.42 Å². The van der Waals surface area contributed by atoms with Crippen LogP contribution in [0.2, 0.25) is 0 Å². The first kappa shape index (κ1) is 24.0. The Morgan fingerprint density at radius 3 is 2.26 bits per heavy atom. The minimum atomic E-state index is -0.306. The quantitative estimate of drug-likeness (QED) is 0.635. The highest BCUT2D eigenvalue weighted by Crippen LogP contribution is 2.24. The van der Waals surface area contributed by atoms with Gasteiger partial charge in [-0.15, -0.1) is 0 Å². The number of rotatable bonds is 6. The van der Waals surface area contributed by atoms with Gasteiger partial charge in [0.1, 0.15) is 11.4 Å². The highest BCUT2D eigenvalue weighted by Gasteiger charge is 2.27. The highest BCUT2D eigenvalue weighted by atomic mass is 16.6. The molecule has 2 amide bonds. The van der Waals surface area contributed by atoms with Crippen molar-refractivity contribution in [1.82, 2.24) is 25.0 Å². The van der Waals surface area contributed by atoms with E-state index >= 15 is 0 Å². The number of piperidine rings is 1. The molecule has 0 bridgehead atoms. The van der Waals surface area contributed by atoms with Gasteiger partial charge in [-0.3, -0.25) is 9.69 Å². The van der Waals surface area contributed by atoms with Gasteiger partial charge < -0.3 is 19.4 Å². The molecule has 184 valence electrons. The molecular weight excluding hydrogens is 436 g/mol. The Labute approximate surface area is 200 Å². The third-order valence-electron chi connectivity index (χ3n) is 6.81. The Bertz CT molecular complexity index is 962. The zero-order valence-corrected chi connectivity index (χ0v) is 20.3. The van der Waals surface area contributed by atoms with E-state index in [4.69, 9.17) is 9.37 Å². The summed E-state index contributed by atoms with van der Waals surface area (Å²) < 4.78 is 9.86. The second-order valence-corrected chi connectivity index (χ2v) is 8.95. The van der Waals surface area contributed by atoms with Crippen molar-refractivity contribution < 1.29 is 19.0 Å². The number of benzene rings is 1. The molecule has 2 saturated heterocycles. The van der Waals surface area contributed by atoms with Crippen molar-refractivity contribution >= 4 is 17.7 Å². The molecule has 4 rings (SSSR count). The van der Waals surface area contributed by atoms with Crippen LogP contribution in [0.4, 0.5) is 10.5 Å². The number of amides is 2. The van der Waals surface area contributed by atoms with Crippen molar-refractivity contribution in [3.8, 4) is 0 Å². The number of carbonyl (C=O) groups is 2. The maximum absolute atomic E-state index is 12.9. The first-order chi connectivity index (χ1) is 16.5. The standard InChI is InChI=1S/C24H34N6O4/c1-4-33-24(32)30-15-13-29(14-16-30)23(31)19-5-7-21(8-6-19)28-11-9-20(10-12-28)27(3)17-22-18(2)25-34-26-22/h5-8,20H,4,9-17H2,1-3H3. The van der Waals surface area contributed by atoms with Crippen LogP contribution in [-0.4, -0.2) is 96.0 Å². The first-order valence-electron chi connectivity index (χ1n) is 12.0. The molecule has 1 aromatic heterocycles. The van der Waals surface area contributed by atoms with Gasteiger partial charge in [-0.2, -0.15) is 0 Å². The van der Waals surface area contributed by atoms with Crippen molar-refractivity contribution in [2.45, 2.75) is 39.3 Å². The third-order valence-corrected chi connectivity index (χ3v) is 6.81. The molecule has 1 aromatic carbocycles. The number of piperazine rings is 1. The molecule has 0 N–H and O–H groups in total. The molecule has 2 aliphatic rings. The van der Waals surface area contributed by atoms with Gasteiger partial charge in [-0.05, 0) is 58.0 Å². The van der Waals surface area contributed by atoms with Crippen molar-refractivity contribution in [3.05, 3.63) is 41.2 Å². The first-order valence-corrected chi connectivity index (χ1v) is 12.0. The molecule has 0 radical (unpaired) electrons. The Kier molecular flexibility index (Phi) is 7.66. The Morgan fingerprint density at radius 1 is 1.03 bits per heavy atom. The highest BCUT2D eigenvalue weighted by molar-refractivity contribution is 5.94. The molecule has 0 unspecified atom stereocenters. The number of nitrogens with zero attached hydrogens (tertiary/aromatic N) is 6. The summed E-state index contributed by atoms with van der Waals surface area (Å²) in [6.07, 6.45) is 1.82. The van der Waals surface area contributed by atoms with Crippen molar-refractivity contribution in [1.29, 1.82) is 0 Å². The minimum absolute atomic E-state index is 0.00744. The number of aromatic nitrogens is 2. The molecule has 2 fully saturated rings. The number of aryl methyl sites for hydroxylation is 1. The second-order valence-electron chi connectivity index (χ2n) is 8.95. The largest absolute Gasteiger partial charge is 0.450 e. The summed E-state index contributed by atoms with van der Waals surface area (Å²) >= 11 is 0. The summed E-state index contributed by atoms with van der Waals surface area (Å²) in [6, 6.07) is 8.39. The van der Waals surface area contributed by atoms with Crippen LogP contribution in [0.5, 0.6) is 0 Å². The summed E-state index contributed by atoms with van der Waals surface area (Å²) in [5.74, 6) is 0.00744. The zero-order chi connectivity index (χ0) is 24.1. The molecule has 34 heavy (non-hydrogen) atoms. The summed E-state index contributed by atoms with van der Waals surface area (Å²) in [6.45, 7) is 8.78. The summed E-state index contributed by atoms with van der Waals surface area (Å²) in [5, 5.41) is 7.86. The van der Waals surface area contributed by atoms with Crippen molar-refractivity contribution in [3.63, 3.8) is 0 Å². The maximum atomic E-state index is 12.9. The minimum Gasteiger partial charge on any atom is -0.450 e. The fourth-order valence-corrected chi connectivity index (χ4v) is 4.63. The Balaban J connectivity index is 1.26. The van der Waals surface area contributed by atoms with Gasteiger partial charge in [0.15, 0.2) is 0 Å². The van der Waals surface area contributed by atoms with Gasteiger partial charge in [0, 0.05) is 63.1 Å². The molecule has 10 nitrogen and oxygen atoms in total. The van der Waals surface area contributed by atoms with E-state index in [1.807, 2.05) is 31.2 Å². The molecule has 0 saturated carbocycles. The third kappa shape index (κ3) is 5.49. The molecule has 10 heteroatoms. The lowest BCUT2D eigenvalue weighted by atomic mass is 10.0. The van der Waals surface area contributed by atoms with Gasteiger partial charge in [-0.1, -0.05) is 10.3 Å².